The number of rotatable bonds is 10. The molecule has 210 valence electrons. The van der Waals surface area contributed by atoms with Gasteiger partial charge in [-0.2, -0.15) is 4.98 Å². The van der Waals surface area contributed by atoms with E-state index in [1.807, 2.05) is 11.9 Å². The van der Waals surface area contributed by atoms with Crippen LogP contribution in [-0.4, -0.2) is 53.7 Å². The summed E-state index contributed by atoms with van der Waals surface area (Å²) in [5.74, 6) is 3.89. The molecule has 0 aromatic carbocycles. The van der Waals surface area contributed by atoms with Crippen molar-refractivity contribution >= 4 is 11.9 Å². The fraction of sp³-hybridized carbons (Fsp3) is 0.767. The summed E-state index contributed by atoms with van der Waals surface area (Å²) in [7, 11) is 1.87. The van der Waals surface area contributed by atoms with Gasteiger partial charge in [0.1, 0.15) is 11.6 Å². The number of amides is 1. The van der Waals surface area contributed by atoms with Crippen molar-refractivity contribution in [2.45, 2.75) is 96.9 Å². The maximum atomic E-state index is 14.9. The highest BCUT2D eigenvalue weighted by atomic mass is 19.1. The van der Waals surface area contributed by atoms with Crippen molar-refractivity contribution in [2.24, 2.45) is 23.7 Å². The van der Waals surface area contributed by atoms with E-state index in [2.05, 4.69) is 35.8 Å². The Kier molecular flexibility index (Phi) is 8.44. The largest absolute Gasteiger partial charge is 0.498 e. The lowest BCUT2D eigenvalue weighted by Gasteiger charge is -2.30. The summed E-state index contributed by atoms with van der Waals surface area (Å²) >= 11 is 0. The van der Waals surface area contributed by atoms with E-state index < -0.39 is 0 Å². The fourth-order valence-electron chi connectivity index (χ4n) is 6.70. The molecule has 5 rings (SSSR count). The van der Waals surface area contributed by atoms with Crippen molar-refractivity contribution in [1.29, 1.82) is 0 Å². The normalized spacial score (nSPS) is 26.7. The lowest BCUT2D eigenvalue weighted by molar-refractivity contribution is -0.131. The SMILES string of the molecule is CC1CC(CC(=O)N(C)C2CCCC2)=C(F)C=C1OCC[C@@H]1C[C@@H]1C1CCN(c2nc(C(C)C)no2)CC1. The van der Waals surface area contributed by atoms with Gasteiger partial charge in [0.2, 0.25) is 5.91 Å². The first-order chi connectivity index (χ1) is 18.3. The molecule has 0 spiro atoms. The maximum absolute atomic E-state index is 14.9. The number of aromatic nitrogens is 2. The van der Waals surface area contributed by atoms with Gasteiger partial charge in [-0.05, 0) is 68.3 Å². The van der Waals surface area contributed by atoms with Gasteiger partial charge in [-0.1, -0.05) is 38.8 Å². The number of halogens is 1. The molecule has 3 aliphatic carbocycles. The van der Waals surface area contributed by atoms with Gasteiger partial charge in [0.05, 0.1) is 13.0 Å². The van der Waals surface area contributed by atoms with Crippen molar-refractivity contribution in [2.75, 3.05) is 31.6 Å². The van der Waals surface area contributed by atoms with Gasteiger partial charge in [-0.15, -0.1) is 0 Å². The van der Waals surface area contributed by atoms with Gasteiger partial charge < -0.3 is 19.1 Å². The summed E-state index contributed by atoms with van der Waals surface area (Å²) in [6.07, 6.45) is 11.4. The van der Waals surface area contributed by atoms with Crippen LogP contribution in [-0.2, 0) is 9.53 Å². The molecule has 2 saturated carbocycles. The fourth-order valence-corrected chi connectivity index (χ4v) is 6.70. The van der Waals surface area contributed by atoms with Crippen LogP contribution in [0.25, 0.3) is 0 Å². The molecule has 1 amide bonds. The molecule has 0 bridgehead atoms. The number of nitrogens with zero attached hydrogens (tertiary/aromatic N) is 4. The topological polar surface area (TPSA) is 71.7 Å². The predicted octanol–water partition coefficient (Wildman–Crippen LogP) is 6.39. The summed E-state index contributed by atoms with van der Waals surface area (Å²) < 4.78 is 26.5. The third kappa shape index (κ3) is 6.26. The van der Waals surface area contributed by atoms with E-state index in [1.165, 1.54) is 25.3 Å². The predicted molar refractivity (Wildman–Crippen MR) is 145 cm³/mol. The van der Waals surface area contributed by atoms with Gasteiger partial charge in [0.15, 0.2) is 5.82 Å². The van der Waals surface area contributed by atoms with Crippen LogP contribution in [0.5, 0.6) is 0 Å². The molecule has 2 heterocycles. The Morgan fingerprint density at radius 3 is 2.66 bits per heavy atom. The van der Waals surface area contributed by atoms with E-state index in [1.54, 1.807) is 0 Å². The summed E-state index contributed by atoms with van der Waals surface area (Å²) in [6.45, 7) is 8.82. The zero-order chi connectivity index (χ0) is 26.8. The number of carbonyl (C=O) groups is 1. The molecule has 1 aliphatic heterocycles. The van der Waals surface area contributed by atoms with Gasteiger partial charge in [0, 0.05) is 44.1 Å². The van der Waals surface area contributed by atoms with Crippen molar-refractivity contribution in [3.8, 4) is 0 Å². The first-order valence-corrected chi connectivity index (χ1v) is 14.9. The molecular weight excluding hydrogens is 483 g/mol. The van der Waals surface area contributed by atoms with Crippen LogP contribution in [0, 0.1) is 23.7 Å². The van der Waals surface area contributed by atoms with Crippen molar-refractivity contribution < 1.29 is 18.4 Å². The third-order valence-electron chi connectivity index (χ3n) is 9.37. The van der Waals surface area contributed by atoms with Crippen LogP contribution in [0.1, 0.15) is 96.7 Å². The Morgan fingerprint density at radius 1 is 1.24 bits per heavy atom. The second-order valence-electron chi connectivity index (χ2n) is 12.4. The van der Waals surface area contributed by atoms with Crippen LogP contribution in [0.3, 0.4) is 0 Å². The molecule has 1 aromatic heterocycles. The Balaban J connectivity index is 1.03. The lowest BCUT2D eigenvalue weighted by atomic mass is 9.90. The zero-order valence-corrected chi connectivity index (χ0v) is 23.6. The molecule has 3 atom stereocenters. The minimum atomic E-state index is -0.274. The standard InChI is InChI=1S/C30H45FN4O3/c1-19(2)29-32-30(38-33-29)35-12-9-21(10-13-35)25-16-22(25)11-14-37-27-18-26(31)23(15-20(27)3)17-28(36)34(4)24-7-5-6-8-24/h18-22,24-25H,5-17H2,1-4H3/t20?,22-,25-/m1/s1. The zero-order valence-electron chi connectivity index (χ0n) is 23.6. The van der Waals surface area contributed by atoms with Gasteiger partial charge in [-0.25, -0.2) is 4.39 Å². The summed E-state index contributed by atoms with van der Waals surface area (Å²) in [4.78, 5) is 21.3. The van der Waals surface area contributed by atoms with Crippen LogP contribution >= 0.6 is 0 Å². The number of anilines is 1. The van der Waals surface area contributed by atoms with E-state index in [0.717, 1.165) is 68.6 Å². The molecule has 8 heteroatoms. The molecule has 0 radical (unpaired) electrons. The molecule has 7 nitrogen and oxygen atoms in total. The van der Waals surface area contributed by atoms with E-state index in [-0.39, 0.29) is 30.0 Å². The van der Waals surface area contributed by atoms with E-state index in [9.17, 15) is 9.18 Å². The quantitative estimate of drug-likeness (QED) is 0.350. The van der Waals surface area contributed by atoms with Crippen molar-refractivity contribution in [1.82, 2.24) is 15.0 Å². The molecular formula is C30H45FN4O3. The molecule has 1 saturated heterocycles. The Hall–Kier alpha value is -2.38. The molecule has 4 aliphatic rings. The first kappa shape index (κ1) is 27.2. The lowest BCUT2D eigenvalue weighted by Crippen LogP contribution is -2.35. The summed E-state index contributed by atoms with van der Waals surface area (Å²) in [5, 5.41) is 4.10. The Morgan fingerprint density at radius 2 is 1.97 bits per heavy atom. The van der Waals surface area contributed by atoms with E-state index in [0.29, 0.717) is 36.6 Å². The molecule has 1 unspecified atom stereocenters. The Labute approximate surface area is 226 Å². The number of hydrogen-bond acceptors (Lipinski definition) is 6. The minimum Gasteiger partial charge on any atom is -0.498 e. The van der Waals surface area contributed by atoms with Gasteiger partial charge in [0.25, 0.3) is 0 Å². The van der Waals surface area contributed by atoms with Gasteiger partial charge in [-0.3, -0.25) is 4.79 Å². The minimum absolute atomic E-state index is 0.0371. The van der Waals surface area contributed by atoms with E-state index >= 15 is 0 Å². The van der Waals surface area contributed by atoms with E-state index in [4.69, 9.17) is 9.26 Å². The second-order valence-corrected chi connectivity index (χ2v) is 12.4. The molecule has 3 fully saturated rings. The van der Waals surface area contributed by atoms with Crippen LogP contribution in [0.15, 0.2) is 27.8 Å². The summed E-state index contributed by atoms with van der Waals surface area (Å²) in [5.41, 5.74) is 0.620. The highest BCUT2D eigenvalue weighted by molar-refractivity contribution is 5.79. The van der Waals surface area contributed by atoms with Crippen LogP contribution in [0.4, 0.5) is 10.4 Å². The average molecular weight is 529 g/mol. The number of allylic oxidation sites excluding steroid dienone is 3. The number of carbonyl (C=O) groups excluding carboxylic acids is 1. The number of ether oxygens (including phenoxy) is 1. The monoisotopic (exact) mass is 528 g/mol. The smallest absolute Gasteiger partial charge is 0.324 e. The van der Waals surface area contributed by atoms with Crippen LogP contribution in [0.2, 0.25) is 0 Å². The molecule has 38 heavy (non-hydrogen) atoms. The summed E-state index contributed by atoms with van der Waals surface area (Å²) in [6, 6.07) is 0.987. The van der Waals surface area contributed by atoms with Crippen molar-refractivity contribution in [3.63, 3.8) is 0 Å². The highest BCUT2D eigenvalue weighted by Crippen LogP contribution is 2.50. The maximum Gasteiger partial charge on any atom is 0.324 e. The first-order valence-electron chi connectivity index (χ1n) is 14.9. The highest BCUT2D eigenvalue weighted by Gasteiger charge is 2.43. The molecule has 0 N–H and O–H groups in total. The number of hydrogen-bond donors (Lipinski definition) is 0. The third-order valence-corrected chi connectivity index (χ3v) is 9.37. The molecule has 1 aromatic rings. The average Bonchev–Trinajstić information content (AvgIpc) is 3.26. The Bertz CT molecular complexity index is 1040. The van der Waals surface area contributed by atoms with Crippen molar-refractivity contribution in [3.05, 3.63) is 29.1 Å². The number of piperidine rings is 1. The van der Waals surface area contributed by atoms with Crippen LogP contribution < -0.4 is 4.90 Å². The van der Waals surface area contributed by atoms with Gasteiger partial charge >= 0.3 is 6.01 Å². The second kappa shape index (κ2) is 11.8.